The van der Waals surface area contributed by atoms with Gasteiger partial charge in [-0.05, 0) is 6.72 Å². The van der Waals surface area contributed by atoms with Crippen molar-refractivity contribution in [2.45, 2.75) is 0 Å². The summed E-state index contributed by atoms with van der Waals surface area (Å²) in [6.07, 6.45) is 1.31. The smallest absolute Gasteiger partial charge is 0.215 e. The van der Waals surface area contributed by atoms with Gasteiger partial charge in [0.2, 0.25) is 5.82 Å². The molecule has 0 spiro atoms. The quantitative estimate of drug-likeness (QED) is 0.476. The van der Waals surface area contributed by atoms with Gasteiger partial charge in [0, 0.05) is 5.27 Å². The SMILES string of the molecule is C=Nc1conn1. The second-order valence-electron chi connectivity index (χ2n) is 0.921. The third-order valence-electron chi connectivity index (χ3n) is 0.511. The van der Waals surface area contributed by atoms with E-state index in [1.54, 1.807) is 0 Å². The molecule has 0 amide bonds. The molecule has 1 aromatic rings. The van der Waals surface area contributed by atoms with Crippen molar-refractivity contribution in [3.05, 3.63) is 6.26 Å². The van der Waals surface area contributed by atoms with E-state index in [9.17, 15) is 0 Å². The van der Waals surface area contributed by atoms with E-state index >= 15 is 0 Å². The molecular weight excluding hydrogens is 94.1 g/mol. The first-order valence-electron chi connectivity index (χ1n) is 1.67. The number of hydrogen-bond donors (Lipinski definition) is 0. The first kappa shape index (κ1) is 3.98. The first-order chi connectivity index (χ1) is 3.43. The minimum Gasteiger partial charge on any atom is -0.343 e. The predicted molar refractivity (Wildman–Crippen MR) is 23.5 cm³/mol. The summed E-state index contributed by atoms with van der Waals surface area (Å²) in [4.78, 5) is 3.41. The second-order valence-corrected chi connectivity index (χ2v) is 0.921. The lowest BCUT2D eigenvalue weighted by molar-refractivity contribution is 0.393. The van der Waals surface area contributed by atoms with Gasteiger partial charge in [-0.2, -0.15) is 0 Å². The monoisotopic (exact) mass is 97.0 g/mol. The van der Waals surface area contributed by atoms with Crippen molar-refractivity contribution < 1.29 is 4.52 Å². The highest BCUT2D eigenvalue weighted by atomic mass is 16.5. The summed E-state index contributed by atoms with van der Waals surface area (Å²) in [6, 6.07) is 0. The minimum absolute atomic E-state index is 0.417. The van der Waals surface area contributed by atoms with Gasteiger partial charge in [-0.25, -0.2) is 4.99 Å². The van der Waals surface area contributed by atoms with E-state index in [2.05, 4.69) is 26.6 Å². The van der Waals surface area contributed by atoms with Gasteiger partial charge in [0.1, 0.15) is 0 Å². The summed E-state index contributed by atoms with van der Waals surface area (Å²) in [5, 5.41) is 6.52. The highest BCUT2D eigenvalue weighted by Crippen LogP contribution is 1.99. The summed E-state index contributed by atoms with van der Waals surface area (Å²) in [7, 11) is 0. The van der Waals surface area contributed by atoms with Crippen LogP contribution in [0.15, 0.2) is 15.8 Å². The molecule has 0 saturated carbocycles. The Morgan fingerprint density at radius 3 is 3.00 bits per heavy atom. The Balaban J connectivity index is 2.96. The van der Waals surface area contributed by atoms with Crippen molar-refractivity contribution in [2.24, 2.45) is 4.99 Å². The molecule has 0 aliphatic rings. The molecule has 0 N–H and O–H groups in total. The maximum absolute atomic E-state index is 4.31. The van der Waals surface area contributed by atoms with Gasteiger partial charge in [0.25, 0.3) is 0 Å². The Morgan fingerprint density at radius 1 is 1.86 bits per heavy atom. The van der Waals surface area contributed by atoms with Crippen LogP contribution in [0.5, 0.6) is 0 Å². The highest BCUT2D eigenvalue weighted by Gasteiger charge is 1.85. The van der Waals surface area contributed by atoms with E-state index in [1.165, 1.54) is 6.26 Å². The summed E-state index contributed by atoms with van der Waals surface area (Å²) in [5.41, 5.74) is 0. The van der Waals surface area contributed by atoms with Crippen LogP contribution in [-0.4, -0.2) is 17.1 Å². The average molecular weight is 97.1 g/mol. The van der Waals surface area contributed by atoms with Gasteiger partial charge >= 0.3 is 0 Å². The summed E-state index contributed by atoms with van der Waals surface area (Å²) >= 11 is 0. The maximum Gasteiger partial charge on any atom is 0.215 e. The largest absolute Gasteiger partial charge is 0.343 e. The summed E-state index contributed by atoms with van der Waals surface area (Å²) < 4.78 is 4.31. The van der Waals surface area contributed by atoms with E-state index in [4.69, 9.17) is 0 Å². The van der Waals surface area contributed by atoms with Crippen molar-refractivity contribution in [1.29, 1.82) is 0 Å². The van der Waals surface area contributed by atoms with Crippen molar-refractivity contribution in [1.82, 2.24) is 10.4 Å². The predicted octanol–water partition coefficient (Wildman–Crippen LogP) is 0.402. The molecule has 1 heterocycles. The molecule has 0 radical (unpaired) electrons. The van der Waals surface area contributed by atoms with Gasteiger partial charge in [-0.15, -0.1) is 0 Å². The fraction of sp³-hybridized carbons (Fsp3) is 0. The van der Waals surface area contributed by atoms with Crippen molar-refractivity contribution in [2.75, 3.05) is 0 Å². The van der Waals surface area contributed by atoms with E-state index in [0.29, 0.717) is 5.82 Å². The number of nitrogens with zero attached hydrogens (tertiary/aromatic N) is 3. The van der Waals surface area contributed by atoms with Crippen LogP contribution in [0.2, 0.25) is 0 Å². The van der Waals surface area contributed by atoms with Gasteiger partial charge in [0.15, 0.2) is 6.26 Å². The third kappa shape index (κ3) is 0.623. The fourth-order valence-electron chi connectivity index (χ4n) is 0.229. The molecule has 0 atom stereocenters. The molecule has 0 bridgehead atoms. The van der Waals surface area contributed by atoms with Crippen LogP contribution < -0.4 is 0 Å². The molecule has 0 aliphatic heterocycles. The number of aromatic nitrogens is 2. The number of hydrogen-bond acceptors (Lipinski definition) is 4. The molecule has 4 heteroatoms. The van der Waals surface area contributed by atoms with Crippen molar-refractivity contribution >= 4 is 12.5 Å². The van der Waals surface area contributed by atoms with Gasteiger partial charge in [0.05, 0.1) is 0 Å². The lowest BCUT2D eigenvalue weighted by atomic mass is 10.8. The molecule has 36 valence electrons. The molecule has 1 rings (SSSR count). The second kappa shape index (κ2) is 1.51. The maximum atomic E-state index is 4.31. The zero-order valence-corrected chi connectivity index (χ0v) is 3.53. The van der Waals surface area contributed by atoms with Gasteiger partial charge in [-0.1, -0.05) is 5.10 Å². The van der Waals surface area contributed by atoms with E-state index in [0.717, 1.165) is 0 Å². The highest BCUT2D eigenvalue weighted by molar-refractivity contribution is 5.35. The van der Waals surface area contributed by atoms with E-state index in [-0.39, 0.29) is 0 Å². The molecule has 7 heavy (non-hydrogen) atoms. The lowest BCUT2D eigenvalue weighted by Gasteiger charge is -1.65. The standard InChI is InChI=1S/C3H3N3O/c1-4-3-2-7-6-5-3/h2H,1H2. The molecule has 1 aromatic heterocycles. The van der Waals surface area contributed by atoms with Crippen LogP contribution in [-0.2, 0) is 0 Å². The molecule has 0 aromatic carbocycles. The molecule has 0 saturated heterocycles. The Labute approximate surface area is 39.8 Å². The zero-order chi connectivity index (χ0) is 5.11. The molecular formula is C3H3N3O. The third-order valence-corrected chi connectivity index (χ3v) is 0.511. The summed E-state index contributed by atoms with van der Waals surface area (Å²) in [5.74, 6) is 0.417. The molecule has 4 nitrogen and oxygen atoms in total. The van der Waals surface area contributed by atoms with Crippen LogP contribution in [0.1, 0.15) is 0 Å². The molecule has 0 unspecified atom stereocenters. The van der Waals surface area contributed by atoms with Gasteiger partial charge < -0.3 is 4.52 Å². The van der Waals surface area contributed by atoms with Crippen molar-refractivity contribution in [3.63, 3.8) is 0 Å². The molecule has 0 fully saturated rings. The normalized spacial score (nSPS) is 8.57. The number of aliphatic imine (C=N–C) groups is 1. The fourth-order valence-corrected chi connectivity index (χ4v) is 0.229. The van der Waals surface area contributed by atoms with E-state index < -0.39 is 0 Å². The Kier molecular flexibility index (Phi) is 0.856. The van der Waals surface area contributed by atoms with Gasteiger partial charge in [-0.3, -0.25) is 0 Å². The Morgan fingerprint density at radius 2 is 2.71 bits per heavy atom. The number of rotatable bonds is 1. The summed E-state index contributed by atoms with van der Waals surface area (Å²) in [6.45, 7) is 3.19. The van der Waals surface area contributed by atoms with Crippen LogP contribution in [0.4, 0.5) is 5.82 Å². The minimum atomic E-state index is 0.417. The topological polar surface area (TPSA) is 51.3 Å². The zero-order valence-electron chi connectivity index (χ0n) is 3.53. The Bertz CT molecular complexity index is 145. The van der Waals surface area contributed by atoms with Crippen molar-refractivity contribution in [3.8, 4) is 0 Å². The lowest BCUT2D eigenvalue weighted by Crippen LogP contribution is -1.60. The van der Waals surface area contributed by atoms with Crippen LogP contribution in [0, 0.1) is 0 Å². The van der Waals surface area contributed by atoms with E-state index in [1.807, 2.05) is 0 Å². The first-order valence-corrected chi connectivity index (χ1v) is 1.67. The Hall–Kier alpha value is -1.19. The van der Waals surface area contributed by atoms with Crippen LogP contribution in [0.3, 0.4) is 0 Å². The average Bonchev–Trinajstić information content (AvgIpc) is 2.14. The van der Waals surface area contributed by atoms with Crippen LogP contribution in [0.25, 0.3) is 0 Å². The molecule has 0 aliphatic carbocycles. The van der Waals surface area contributed by atoms with Crippen LogP contribution >= 0.6 is 0 Å².